The Hall–Kier alpha value is -5.24. The summed E-state index contributed by atoms with van der Waals surface area (Å²) in [5, 5.41) is 2.85. The van der Waals surface area contributed by atoms with Crippen molar-refractivity contribution in [2.45, 2.75) is 18.9 Å². The summed E-state index contributed by atoms with van der Waals surface area (Å²) in [6.45, 7) is 1.59. The van der Waals surface area contributed by atoms with Crippen LogP contribution < -0.4 is 14.8 Å². The molecule has 1 aliphatic rings. The molecule has 42 heavy (non-hydrogen) atoms. The van der Waals surface area contributed by atoms with Crippen LogP contribution in [0.2, 0.25) is 0 Å². The Balaban J connectivity index is 1.28. The highest BCUT2D eigenvalue weighted by molar-refractivity contribution is 6.13. The molecule has 212 valence electrons. The van der Waals surface area contributed by atoms with Gasteiger partial charge in [0.15, 0.2) is 11.3 Å². The molecule has 0 unspecified atom stereocenters. The number of nitrogens with zero attached hydrogens (tertiary/aromatic N) is 2. The largest absolute Gasteiger partial charge is 0.497 e. The molecule has 0 aliphatic carbocycles. The van der Waals surface area contributed by atoms with Crippen LogP contribution in [0.5, 0.6) is 11.5 Å². The number of rotatable bonds is 10. The predicted molar refractivity (Wildman–Crippen MR) is 161 cm³/mol. The van der Waals surface area contributed by atoms with E-state index in [-0.39, 0.29) is 30.6 Å². The number of amidine groups is 1. The molecule has 0 spiro atoms. The van der Waals surface area contributed by atoms with E-state index in [0.29, 0.717) is 28.6 Å². The van der Waals surface area contributed by atoms with Gasteiger partial charge >= 0.3 is 0 Å². The maximum Gasteiger partial charge on any atom is 0.265 e. The first-order chi connectivity index (χ1) is 20.3. The number of hydrogen-bond donors (Lipinski definition) is 1. The lowest BCUT2D eigenvalue weighted by atomic mass is 9.83. The maximum absolute atomic E-state index is 14.0. The van der Waals surface area contributed by atoms with Crippen molar-refractivity contribution in [3.8, 4) is 11.5 Å². The van der Waals surface area contributed by atoms with Crippen LogP contribution in [-0.2, 0) is 21.5 Å². The van der Waals surface area contributed by atoms with Gasteiger partial charge in [-0.2, -0.15) is 0 Å². The highest BCUT2D eigenvalue weighted by Gasteiger charge is 2.50. The van der Waals surface area contributed by atoms with Crippen LogP contribution in [-0.4, -0.2) is 49.1 Å². The fourth-order valence-electron chi connectivity index (χ4n) is 5.13. The number of aliphatic imine (C=N–C) groups is 1. The minimum Gasteiger partial charge on any atom is -0.497 e. The van der Waals surface area contributed by atoms with Gasteiger partial charge in [-0.3, -0.25) is 19.3 Å². The van der Waals surface area contributed by atoms with Crippen molar-refractivity contribution in [1.82, 2.24) is 4.90 Å². The first-order valence-electron chi connectivity index (χ1n) is 13.5. The van der Waals surface area contributed by atoms with E-state index >= 15 is 0 Å². The first-order valence-corrected chi connectivity index (χ1v) is 13.5. The number of ether oxygens (including phenoxy) is 2. The molecule has 4 aromatic carbocycles. The second kappa shape index (κ2) is 12.1. The average molecular weight is 562 g/mol. The molecule has 1 heterocycles. The number of hydrogen-bond acceptors (Lipinski definition) is 6. The number of nitrogens with one attached hydrogen (secondary N) is 1. The predicted octanol–water partition coefficient (Wildman–Crippen LogP) is 5.27. The summed E-state index contributed by atoms with van der Waals surface area (Å²) >= 11 is 0. The van der Waals surface area contributed by atoms with Gasteiger partial charge in [-0.25, -0.2) is 4.99 Å². The lowest BCUT2D eigenvalue weighted by molar-refractivity contribution is -0.129. The molecule has 0 fully saturated rings. The van der Waals surface area contributed by atoms with Gasteiger partial charge in [-0.15, -0.1) is 0 Å². The van der Waals surface area contributed by atoms with Crippen molar-refractivity contribution in [2.24, 2.45) is 4.99 Å². The molecule has 0 radical (unpaired) electrons. The molecule has 8 nitrogen and oxygen atoms in total. The quantitative estimate of drug-likeness (QED) is 0.266. The van der Waals surface area contributed by atoms with Gasteiger partial charge in [-0.1, -0.05) is 66.7 Å². The van der Waals surface area contributed by atoms with Crippen molar-refractivity contribution in [3.63, 3.8) is 0 Å². The number of amides is 2. The third kappa shape index (κ3) is 5.51. The number of Topliss-reactive ketones (excluding diaryl/α,β-unsaturated/α-hetero) is 1. The van der Waals surface area contributed by atoms with Crippen LogP contribution in [0.4, 0.5) is 5.69 Å². The van der Waals surface area contributed by atoms with Gasteiger partial charge in [0.2, 0.25) is 5.91 Å². The van der Waals surface area contributed by atoms with Crippen LogP contribution in [0.15, 0.2) is 108 Å². The lowest BCUT2D eigenvalue weighted by Crippen LogP contribution is -2.43. The van der Waals surface area contributed by atoms with Crippen LogP contribution >= 0.6 is 0 Å². The fraction of sp³-hybridized carbons (Fsp3) is 0.176. The zero-order chi connectivity index (χ0) is 29.7. The average Bonchev–Trinajstić information content (AvgIpc) is 3.28. The van der Waals surface area contributed by atoms with Crippen molar-refractivity contribution < 1.29 is 23.9 Å². The van der Waals surface area contributed by atoms with Crippen LogP contribution in [0.25, 0.3) is 0 Å². The Morgan fingerprint density at radius 3 is 2.02 bits per heavy atom. The van der Waals surface area contributed by atoms with E-state index in [0.717, 1.165) is 16.7 Å². The Bertz CT molecular complexity index is 1590. The molecule has 1 N–H and O–H groups in total. The molecule has 0 atom stereocenters. The van der Waals surface area contributed by atoms with Crippen molar-refractivity contribution in [3.05, 3.63) is 125 Å². The van der Waals surface area contributed by atoms with Crippen molar-refractivity contribution >= 4 is 29.1 Å². The van der Waals surface area contributed by atoms with E-state index < -0.39 is 5.54 Å². The van der Waals surface area contributed by atoms with Gasteiger partial charge in [0.1, 0.15) is 17.3 Å². The van der Waals surface area contributed by atoms with E-state index in [1.54, 1.807) is 56.5 Å². The second-order valence-corrected chi connectivity index (χ2v) is 9.90. The highest BCUT2D eigenvalue weighted by Crippen LogP contribution is 2.40. The zero-order valence-electron chi connectivity index (χ0n) is 23.7. The molecule has 0 aromatic heterocycles. The molecule has 4 aromatic rings. The third-order valence-corrected chi connectivity index (χ3v) is 7.30. The summed E-state index contributed by atoms with van der Waals surface area (Å²) in [4.78, 5) is 46.3. The summed E-state index contributed by atoms with van der Waals surface area (Å²) in [6, 6.07) is 30.7. The summed E-state index contributed by atoms with van der Waals surface area (Å²) in [5.41, 5.74) is 1.91. The summed E-state index contributed by atoms with van der Waals surface area (Å²) in [7, 11) is 3.11. The molecule has 2 amide bonds. The monoisotopic (exact) mass is 561 g/mol. The Labute approximate surface area is 244 Å². The summed E-state index contributed by atoms with van der Waals surface area (Å²) in [5.74, 6) is 0.923. The lowest BCUT2D eigenvalue weighted by Gasteiger charge is -2.27. The Kier molecular flexibility index (Phi) is 8.15. The topological polar surface area (TPSA) is 97.3 Å². The molecule has 0 saturated carbocycles. The molecule has 0 saturated heterocycles. The number of methoxy groups -OCH3 is 2. The minimum absolute atomic E-state index is 0.105. The molecule has 1 aliphatic heterocycles. The highest BCUT2D eigenvalue weighted by atomic mass is 16.5. The molecular formula is C34H31N3O5. The van der Waals surface area contributed by atoms with Gasteiger partial charge < -0.3 is 14.8 Å². The van der Waals surface area contributed by atoms with Crippen LogP contribution in [0.1, 0.15) is 34.0 Å². The van der Waals surface area contributed by atoms with E-state index in [4.69, 9.17) is 14.5 Å². The van der Waals surface area contributed by atoms with Gasteiger partial charge in [0, 0.05) is 22.9 Å². The SMILES string of the molecule is COc1ccc(CC(=O)Nc2ccc(C(=O)CN3C(=O)C(c4ccccc4)(c4ccccc4)N=C3C)cc2)c(OC)c1. The number of carbonyl (C=O) groups excluding carboxylic acids is 3. The normalized spacial score (nSPS) is 13.8. The van der Waals surface area contributed by atoms with E-state index in [1.807, 2.05) is 60.7 Å². The summed E-state index contributed by atoms with van der Waals surface area (Å²) < 4.78 is 10.6. The van der Waals surface area contributed by atoms with Crippen molar-refractivity contribution in [2.75, 3.05) is 26.1 Å². The van der Waals surface area contributed by atoms with Gasteiger partial charge in [-0.05, 0) is 48.4 Å². The summed E-state index contributed by atoms with van der Waals surface area (Å²) in [6.07, 6.45) is 0.105. The smallest absolute Gasteiger partial charge is 0.265 e. The Morgan fingerprint density at radius 1 is 0.833 bits per heavy atom. The second-order valence-electron chi connectivity index (χ2n) is 9.90. The number of carbonyl (C=O) groups is 3. The maximum atomic E-state index is 14.0. The number of anilines is 1. The zero-order valence-corrected chi connectivity index (χ0v) is 23.7. The van der Waals surface area contributed by atoms with Crippen molar-refractivity contribution in [1.29, 1.82) is 0 Å². The molecular weight excluding hydrogens is 530 g/mol. The Morgan fingerprint density at radius 2 is 1.45 bits per heavy atom. The van der Waals surface area contributed by atoms with E-state index in [2.05, 4.69) is 5.32 Å². The number of ketones is 1. The van der Waals surface area contributed by atoms with Crippen LogP contribution in [0.3, 0.4) is 0 Å². The molecule has 0 bridgehead atoms. The van der Waals surface area contributed by atoms with E-state index in [1.165, 1.54) is 12.0 Å². The standard InChI is InChI=1S/C34H31N3O5/c1-23-36-34(26-10-6-4-7-11-26,27-12-8-5-9-13-27)33(40)37(23)22-30(38)24-14-17-28(18-15-24)35-32(39)20-25-16-19-29(41-2)21-31(25)42-3/h4-19,21H,20,22H2,1-3H3,(H,35,39). The molecule has 5 rings (SSSR count). The number of benzene rings is 4. The van der Waals surface area contributed by atoms with Gasteiger partial charge in [0.05, 0.1) is 27.2 Å². The van der Waals surface area contributed by atoms with E-state index in [9.17, 15) is 14.4 Å². The minimum atomic E-state index is -1.26. The third-order valence-electron chi connectivity index (χ3n) is 7.30. The van der Waals surface area contributed by atoms with Gasteiger partial charge in [0.25, 0.3) is 5.91 Å². The fourth-order valence-corrected chi connectivity index (χ4v) is 5.13. The van der Waals surface area contributed by atoms with Crippen LogP contribution in [0, 0.1) is 0 Å². The first kappa shape index (κ1) is 28.3. The molecule has 8 heteroatoms.